The lowest BCUT2D eigenvalue weighted by Crippen LogP contribution is -2.22. The van der Waals surface area contributed by atoms with Gasteiger partial charge in [0.1, 0.15) is 5.78 Å². The topological polar surface area (TPSA) is 40.5 Å². The van der Waals surface area contributed by atoms with Crippen molar-refractivity contribution in [1.29, 1.82) is 0 Å². The normalized spacial score (nSPS) is 22.1. The molecule has 0 aromatic rings. The Morgan fingerprint density at radius 2 is 2.27 bits per heavy atom. The van der Waals surface area contributed by atoms with Gasteiger partial charge in [-0.05, 0) is 51.6 Å². The van der Waals surface area contributed by atoms with Gasteiger partial charge in [0.15, 0.2) is 0 Å². The van der Waals surface area contributed by atoms with Gasteiger partial charge in [-0.2, -0.15) is 0 Å². The molecule has 1 saturated heterocycles. The van der Waals surface area contributed by atoms with Crippen molar-refractivity contribution in [3.05, 3.63) is 0 Å². The number of aliphatic hydroxyl groups is 1. The van der Waals surface area contributed by atoms with E-state index in [4.69, 9.17) is 5.11 Å². The maximum absolute atomic E-state index is 10.7. The largest absolute Gasteiger partial charge is 0.396 e. The second kappa shape index (κ2) is 6.96. The second-order valence-corrected chi connectivity index (χ2v) is 4.63. The fraction of sp³-hybridized carbons (Fsp3) is 0.917. The van der Waals surface area contributed by atoms with Crippen molar-refractivity contribution in [2.45, 2.75) is 39.0 Å². The summed E-state index contributed by atoms with van der Waals surface area (Å²) in [5.74, 6) is 0.998. The van der Waals surface area contributed by atoms with Gasteiger partial charge < -0.3 is 14.8 Å². The summed E-state index contributed by atoms with van der Waals surface area (Å²) >= 11 is 0. The predicted octanol–water partition coefficient (Wildman–Crippen LogP) is 1.45. The third-order valence-corrected chi connectivity index (χ3v) is 3.16. The monoisotopic (exact) mass is 213 g/mol. The van der Waals surface area contributed by atoms with Gasteiger partial charge in [0, 0.05) is 19.6 Å². The zero-order chi connectivity index (χ0) is 11.1. The summed E-state index contributed by atoms with van der Waals surface area (Å²) < 4.78 is 0. The maximum atomic E-state index is 10.7. The molecule has 1 unspecified atom stereocenters. The minimum absolute atomic E-state index is 0.301. The van der Waals surface area contributed by atoms with Crippen LogP contribution in [0.25, 0.3) is 0 Å². The molecule has 0 radical (unpaired) electrons. The summed E-state index contributed by atoms with van der Waals surface area (Å²) in [6.45, 7) is 5.41. The minimum atomic E-state index is 0.301. The second-order valence-electron chi connectivity index (χ2n) is 4.63. The Labute approximate surface area is 92.5 Å². The van der Waals surface area contributed by atoms with Gasteiger partial charge in [-0.25, -0.2) is 0 Å². The van der Waals surface area contributed by atoms with Gasteiger partial charge >= 0.3 is 0 Å². The number of carbonyl (C=O) groups excluding carboxylic acids is 1. The van der Waals surface area contributed by atoms with Gasteiger partial charge in [0.05, 0.1) is 0 Å². The Morgan fingerprint density at radius 1 is 1.47 bits per heavy atom. The van der Waals surface area contributed by atoms with E-state index < -0.39 is 0 Å². The van der Waals surface area contributed by atoms with E-state index in [0.717, 1.165) is 38.8 Å². The molecule has 0 bridgehead atoms. The summed E-state index contributed by atoms with van der Waals surface area (Å²) in [4.78, 5) is 13.2. The highest BCUT2D eigenvalue weighted by Crippen LogP contribution is 2.19. The third kappa shape index (κ3) is 5.28. The number of nitrogens with zero attached hydrogens (tertiary/aromatic N) is 1. The Balaban J connectivity index is 2.01. The molecule has 3 nitrogen and oxygen atoms in total. The molecule has 0 amide bonds. The van der Waals surface area contributed by atoms with Crippen molar-refractivity contribution < 1.29 is 9.90 Å². The van der Waals surface area contributed by atoms with E-state index in [0.29, 0.717) is 18.3 Å². The quantitative estimate of drug-likeness (QED) is 0.651. The zero-order valence-corrected chi connectivity index (χ0v) is 9.74. The molecule has 15 heavy (non-hydrogen) atoms. The summed E-state index contributed by atoms with van der Waals surface area (Å²) in [7, 11) is 0. The fourth-order valence-electron chi connectivity index (χ4n) is 2.24. The summed E-state index contributed by atoms with van der Waals surface area (Å²) in [6.07, 6.45) is 5.06. The van der Waals surface area contributed by atoms with E-state index in [-0.39, 0.29) is 0 Å². The van der Waals surface area contributed by atoms with Crippen LogP contribution in [-0.2, 0) is 4.79 Å². The van der Waals surface area contributed by atoms with Crippen LogP contribution in [0.5, 0.6) is 0 Å². The Morgan fingerprint density at radius 3 is 2.93 bits per heavy atom. The van der Waals surface area contributed by atoms with Gasteiger partial charge in [0.25, 0.3) is 0 Å². The number of Topliss-reactive ketones (excluding diaryl/α,β-unsaturated/α-hetero) is 1. The molecule has 1 fully saturated rings. The van der Waals surface area contributed by atoms with E-state index >= 15 is 0 Å². The lowest BCUT2D eigenvalue weighted by Gasteiger charge is -2.15. The molecule has 0 aromatic heterocycles. The molecule has 1 heterocycles. The van der Waals surface area contributed by atoms with Crippen LogP contribution >= 0.6 is 0 Å². The number of unbranched alkanes of at least 4 members (excludes halogenated alkanes) is 1. The number of carbonyl (C=O) groups is 1. The van der Waals surface area contributed by atoms with Crippen molar-refractivity contribution in [3.8, 4) is 0 Å². The lowest BCUT2D eigenvalue weighted by atomic mass is 10.1. The first kappa shape index (κ1) is 12.7. The molecule has 1 rings (SSSR count). The highest BCUT2D eigenvalue weighted by molar-refractivity contribution is 5.75. The fourth-order valence-corrected chi connectivity index (χ4v) is 2.24. The molecule has 1 aliphatic rings. The summed E-state index contributed by atoms with van der Waals surface area (Å²) in [6, 6.07) is 0. The van der Waals surface area contributed by atoms with E-state index in [2.05, 4.69) is 4.90 Å². The first-order valence-electron chi connectivity index (χ1n) is 6.05. The average Bonchev–Trinajstić information content (AvgIpc) is 2.61. The number of ketones is 1. The highest BCUT2D eigenvalue weighted by atomic mass is 16.3. The Bertz CT molecular complexity index is 194. The Hall–Kier alpha value is -0.410. The van der Waals surface area contributed by atoms with Crippen LogP contribution in [0.4, 0.5) is 0 Å². The molecule has 88 valence electrons. The highest BCUT2D eigenvalue weighted by Gasteiger charge is 2.20. The van der Waals surface area contributed by atoms with Crippen molar-refractivity contribution in [3.63, 3.8) is 0 Å². The number of rotatable bonds is 7. The lowest BCUT2D eigenvalue weighted by molar-refractivity contribution is -0.117. The maximum Gasteiger partial charge on any atom is 0.129 e. The van der Waals surface area contributed by atoms with Crippen LogP contribution < -0.4 is 0 Å². The number of aliphatic hydroxyl groups excluding tert-OH is 1. The summed E-state index contributed by atoms with van der Waals surface area (Å²) in [5.41, 5.74) is 0. The van der Waals surface area contributed by atoms with Crippen molar-refractivity contribution in [2.24, 2.45) is 5.92 Å². The molecule has 0 aliphatic carbocycles. The van der Waals surface area contributed by atoms with Crippen LogP contribution in [0.2, 0.25) is 0 Å². The number of likely N-dealkylation sites (tertiary alicyclic amines) is 1. The molecule has 0 saturated carbocycles. The molecule has 1 atom stereocenters. The standard InChI is InChI=1S/C12H23NO2/c1-11(15)4-2-3-7-13-8-5-12(10-13)6-9-14/h12,14H,2-10H2,1H3. The van der Waals surface area contributed by atoms with Crippen LogP contribution in [0.3, 0.4) is 0 Å². The number of hydrogen-bond donors (Lipinski definition) is 1. The molecule has 0 aromatic carbocycles. The third-order valence-electron chi connectivity index (χ3n) is 3.16. The van der Waals surface area contributed by atoms with Crippen LogP contribution in [0.1, 0.15) is 39.0 Å². The van der Waals surface area contributed by atoms with E-state index in [9.17, 15) is 4.79 Å². The Kier molecular flexibility index (Phi) is 5.88. The van der Waals surface area contributed by atoms with Gasteiger partial charge in [0.2, 0.25) is 0 Å². The predicted molar refractivity (Wildman–Crippen MR) is 60.8 cm³/mol. The summed E-state index contributed by atoms with van der Waals surface area (Å²) in [5, 5.41) is 8.83. The average molecular weight is 213 g/mol. The molecule has 0 spiro atoms. The van der Waals surface area contributed by atoms with Gasteiger partial charge in [-0.1, -0.05) is 0 Å². The minimum Gasteiger partial charge on any atom is -0.396 e. The van der Waals surface area contributed by atoms with Crippen LogP contribution in [0, 0.1) is 5.92 Å². The SMILES string of the molecule is CC(=O)CCCCN1CCC(CCO)C1. The van der Waals surface area contributed by atoms with Gasteiger partial charge in [-0.15, -0.1) is 0 Å². The molecule has 1 N–H and O–H groups in total. The van der Waals surface area contributed by atoms with Crippen molar-refractivity contribution >= 4 is 5.78 Å². The molecular weight excluding hydrogens is 190 g/mol. The first-order chi connectivity index (χ1) is 7.22. The van der Waals surface area contributed by atoms with Crippen LogP contribution in [-0.4, -0.2) is 42.0 Å². The van der Waals surface area contributed by atoms with Crippen molar-refractivity contribution in [1.82, 2.24) is 4.90 Å². The van der Waals surface area contributed by atoms with Crippen molar-refractivity contribution in [2.75, 3.05) is 26.2 Å². The zero-order valence-electron chi connectivity index (χ0n) is 9.74. The first-order valence-corrected chi connectivity index (χ1v) is 6.05. The smallest absolute Gasteiger partial charge is 0.129 e. The van der Waals surface area contributed by atoms with Gasteiger partial charge in [-0.3, -0.25) is 0 Å². The van der Waals surface area contributed by atoms with E-state index in [1.54, 1.807) is 6.92 Å². The van der Waals surface area contributed by atoms with Crippen LogP contribution in [0.15, 0.2) is 0 Å². The molecular formula is C12H23NO2. The van der Waals surface area contributed by atoms with E-state index in [1.807, 2.05) is 0 Å². The van der Waals surface area contributed by atoms with E-state index in [1.165, 1.54) is 13.0 Å². The molecule has 3 heteroatoms. The molecule has 1 aliphatic heterocycles. The number of hydrogen-bond acceptors (Lipinski definition) is 3.